The highest BCUT2D eigenvalue weighted by Gasteiger charge is 2.02. The van der Waals surface area contributed by atoms with E-state index in [4.69, 9.17) is 5.73 Å². The molecular weight excluding hydrogens is 188 g/mol. The molecule has 4 nitrogen and oxygen atoms in total. The van der Waals surface area contributed by atoms with Gasteiger partial charge < -0.3 is 10.6 Å². The number of hydrogen-bond donors (Lipinski definition) is 1. The lowest BCUT2D eigenvalue weighted by molar-refractivity contribution is 0.868. The Labute approximate surface area is 88.7 Å². The summed E-state index contributed by atoms with van der Waals surface area (Å²) in [6.45, 7) is 1.40. The lowest BCUT2D eigenvalue weighted by atomic mass is 10.3. The fourth-order valence-corrected chi connectivity index (χ4v) is 1.44. The average Bonchev–Trinajstić information content (AvgIpc) is 2.29. The van der Waals surface area contributed by atoms with Gasteiger partial charge in [0.15, 0.2) is 0 Å². The zero-order chi connectivity index (χ0) is 10.7. The molecule has 0 atom stereocenters. The summed E-state index contributed by atoms with van der Waals surface area (Å²) in [5, 5.41) is 0. The van der Waals surface area contributed by atoms with Crippen LogP contribution >= 0.6 is 0 Å². The van der Waals surface area contributed by atoms with E-state index in [0.29, 0.717) is 6.54 Å². The van der Waals surface area contributed by atoms with Gasteiger partial charge in [0.1, 0.15) is 5.82 Å². The third-order valence-electron chi connectivity index (χ3n) is 2.29. The predicted molar refractivity (Wildman–Crippen MR) is 61.9 cm³/mol. The molecule has 15 heavy (non-hydrogen) atoms. The van der Waals surface area contributed by atoms with Crippen molar-refractivity contribution < 1.29 is 0 Å². The molecule has 1 aromatic carbocycles. The van der Waals surface area contributed by atoms with Crippen LogP contribution < -0.4 is 10.6 Å². The maximum absolute atomic E-state index is 5.49. The van der Waals surface area contributed by atoms with Crippen molar-refractivity contribution in [2.75, 3.05) is 25.0 Å². The third-order valence-corrected chi connectivity index (χ3v) is 2.29. The fourth-order valence-electron chi connectivity index (χ4n) is 1.44. The van der Waals surface area contributed by atoms with Crippen molar-refractivity contribution in [2.45, 2.75) is 0 Å². The van der Waals surface area contributed by atoms with Gasteiger partial charge in [-0.25, -0.2) is 4.98 Å². The Bertz CT molecular complexity index is 455. The molecule has 2 rings (SSSR count). The van der Waals surface area contributed by atoms with Crippen molar-refractivity contribution in [1.29, 1.82) is 0 Å². The third kappa shape index (κ3) is 2.05. The van der Waals surface area contributed by atoms with E-state index in [9.17, 15) is 0 Å². The Balaban J connectivity index is 2.38. The van der Waals surface area contributed by atoms with E-state index in [1.165, 1.54) is 0 Å². The van der Waals surface area contributed by atoms with Gasteiger partial charge in [0.2, 0.25) is 0 Å². The van der Waals surface area contributed by atoms with E-state index in [0.717, 1.165) is 23.4 Å². The van der Waals surface area contributed by atoms with E-state index in [2.05, 4.69) is 9.97 Å². The van der Waals surface area contributed by atoms with Crippen LogP contribution in [-0.4, -0.2) is 30.1 Å². The molecule has 0 amide bonds. The minimum Gasteiger partial charge on any atom is -0.357 e. The average molecular weight is 202 g/mol. The van der Waals surface area contributed by atoms with Gasteiger partial charge in [-0.15, -0.1) is 0 Å². The van der Waals surface area contributed by atoms with Gasteiger partial charge in [0.25, 0.3) is 0 Å². The zero-order valence-electron chi connectivity index (χ0n) is 8.72. The highest BCUT2D eigenvalue weighted by molar-refractivity contribution is 5.75. The summed E-state index contributed by atoms with van der Waals surface area (Å²) in [4.78, 5) is 10.8. The SMILES string of the molecule is CN(CCN)c1cnc2ccccc2n1. The molecule has 0 saturated heterocycles. The molecule has 0 unspecified atom stereocenters. The Morgan fingerprint density at radius 2 is 2.00 bits per heavy atom. The first kappa shape index (κ1) is 9.86. The number of para-hydroxylation sites is 2. The molecule has 0 spiro atoms. The number of benzene rings is 1. The maximum atomic E-state index is 5.49. The van der Waals surface area contributed by atoms with Gasteiger partial charge in [-0.1, -0.05) is 12.1 Å². The van der Waals surface area contributed by atoms with Crippen LogP contribution in [0.1, 0.15) is 0 Å². The van der Waals surface area contributed by atoms with Gasteiger partial charge in [-0.3, -0.25) is 4.98 Å². The topological polar surface area (TPSA) is 55.0 Å². The quantitative estimate of drug-likeness (QED) is 0.807. The van der Waals surface area contributed by atoms with Crippen molar-refractivity contribution in [2.24, 2.45) is 5.73 Å². The molecule has 1 heterocycles. The summed E-state index contributed by atoms with van der Waals surface area (Å²) >= 11 is 0. The van der Waals surface area contributed by atoms with Crippen molar-refractivity contribution >= 4 is 16.9 Å². The van der Waals surface area contributed by atoms with E-state index >= 15 is 0 Å². The highest BCUT2D eigenvalue weighted by Crippen LogP contribution is 2.13. The minimum atomic E-state index is 0.616. The summed E-state index contributed by atoms with van der Waals surface area (Å²) in [6, 6.07) is 7.83. The fraction of sp³-hybridized carbons (Fsp3) is 0.273. The standard InChI is InChI=1S/C11H14N4/c1-15(7-6-12)11-8-13-9-4-2-3-5-10(9)14-11/h2-5,8H,6-7,12H2,1H3. The number of rotatable bonds is 3. The van der Waals surface area contributed by atoms with Crippen LogP contribution in [0.4, 0.5) is 5.82 Å². The normalized spacial score (nSPS) is 10.5. The second kappa shape index (κ2) is 4.23. The smallest absolute Gasteiger partial charge is 0.147 e. The first-order valence-corrected chi connectivity index (χ1v) is 4.94. The van der Waals surface area contributed by atoms with Gasteiger partial charge >= 0.3 is 0 Å². The van der Waals surface area contributed by atoms with Crippen LogP contribution in [0.15, 0.2) is 30.5 Å². The second-order valence-corrected chi connectivity index (χ2v) is 3.43. The van der Waals surface area contributed by atoms with Gasteiger partial charge in [-0.05, 0) is 12.1 Å². The molecule has 0 radical (unpaired) electrons. The molecule has 2 N–H and O–H groups in total. The van der Waals surface area contributed by atoms with Crippen molar-refractivity contribution in [3.63, 3.8) is 0 Å². The number of hydrogen-bond acceptors (Lipinski definition) is 4. The lowest BCUT2D eigenvalue weighted by Gasteiger charge is -2.16. The first-order valence-electron chi connectivity index (χ1n) is 4.94. The van der Waals surface area contributed by atoms with Crippen LogP contribution in [0, 0.1) is 0 Å². The summed E-state index contributed by atoms with van der Waals surface area (Å²) in [5.41, 5.74) is 7.32. The van der Waals surface area contributed by atoms with E-state index in [1.807, 2.05) is 36.2 Å². The monoisotopic (exact) mass is 202 g/mol. The number of aromatic nitrogens is 2. The lowest BCUT2D eigenvalue weighted by Crippen LogP contribution is -2.25. The van der Waals surface area contributed by atoms with E-state index in [-0.39, 0.29) is 0 Å². The number of anilines is 1. The summed E-state index contributed by atoms with van der Waals surface area (Å²) < 4.78 is 0. The Hall–Kier alpha value is -1.68. The summed E-state index contributed by atoms with van der Waals surface area (Å²) in [7, 11) is 1.96. The van der Waals surface area contributed by atoms with Gasteiger partial charge in [0, 0.05) is 20.1 Å². The summed E-state index contributed by atoms with van der Waals surface area (Å²) in [6.07, 6.45) is 1.78. The van der Waals surface area contributed by atoms with Crippen molar-refractivity contribution in [3.05, 3.63) is 30.5 Å². The summed E-state index contributed by atoms with van der Waals surface area (Å²) in [5.74, 6) is 0.860. The molecular formula is C11H14N4. The maximum Gasteiger partial charge on any atom is 0.147 e. The van der Waals surface area contributed by atoms with E-state index < -0.39 is 0 Å². The molecule has 1 aromatic heterocycles. The van der Waals surface area contributed by atoms with Crippen LogP contribution in [-0.2, 0) is 0 Å². The molecule has 0 bridgehead atoms. The molecule has 2 aromatic rings. The molecule has 0 aliphatic heterocycles. The molecule has 0 aliphatic rings. The molecule has 78 valence electrons. The largest absolute Gasteiger partial charge is 0.357 e. The predicted octanol–water partition coefficient (Wildman–Crippen LogP) is 1.02. The number of fused-ring (bicyclic) bond motifs is 1. The number of nitrogens with zero attached hydrogens (tertiary/aromatic N) is 3. The first-order chi connectivity index (χ1) is 7.31. The highest BCUT2D eigenvalue weighted by atomic mass is 15.2. The van der Waals surface area contributed by atoms with Gasteiger partial charge in [0.05, 0.1) is 17.2 Å². The van der Waals surface area contributed by atoms with E-state index in [1.54, 1.807) is 6.20 Å². The van der Waals surface area contributed by atoms with Crippen molar-refractivity contribution in [3.8, 4) is 0 Å². The van der Waals surface area contributed by atoms with Gasteiger partial charge in [-0.2, -0.15) is 0 Å². The van der Waals surface area contributed by atoms with Crippen LogP contribution in [0.2, 0.25) is 0 Å². The number of likely N-dealkylation sites (N-methyl/N-ethyl adjacent to an activating group) is 1. The number of nitrogens with two attached hydrogens (primary N) is 1. The zero-order valence-corrected chi connectivity index (χ0v) is 8.72. The Kier molecular flexibility index (Phi) is 2.78. The van der Waals surface area contributed by atoms with Crippen LogP contribution in [0.3, 0.4) is 0 Å². The molecule has 0 aliphatic carbocycles. The Morgan fingerprint density at radius 3 is 2.73 bits per heavy atom. The molecule has 4 heteroatoms. The van der Waals surface area contributed by atoms with Crippen molar-refractivity contribution in [1.82, 2.24) is 9.97 Å². The van der Waals surface area contributed by atoms with Crippen LogP contribution in [0.5, 0.6) is 0 Å². The Morgan fingerprint density at radius 1 is 1.27 bits per heavy atom. The minimum absolute atomic E-state index is 0.616. The second-order valence-electron chi connectivity index (χ2n) is 3.43. The molecule has 0 saturated carbocycles. The molecule has 0 fully saturated rings. The van der Waals surface area contributed by atoms with Crippen LogP contribution in [0.25, 0.3) is 11.0 Å².